The molecule has 130 valence electrons. The van der Waals surface area contributed by atoms with Crippen LogP contribution in [0.25, 0.3) is 22.9 Å². The molecule has 0 unspecified atom stereocenters. The Morgan fingerprint density at radius 1 is 1.08 bits per heavy atom. The van der Waals surface area contributed by atoms with Crippen LogP contribution < -0.4 is 5.73 Å². The number of nitrogens with zero attached hydrogens (tertiary/aromatic N) is 5. The van der Waals surface area contributed by atoms with E-state index in [4.69, 9.17) is 10.7 Å². The van der Waals surface area contributed by atoms with E-state index in [2.05, 4.69) is 60.1 Å². The van der Waals surface area contributed by atoms with Crippen LogP contribution in [-0.2, 0) is 6.54 Å². The molecular weight excluding hydrogens is 554 g/mol. The van der Waals surface area contributed by atoms with Crippen LogP contribution in [-0.4, -0.2) is 24.5 Å². The smallest absolute Gasteiger partial charge is 0.166 e. The molecule has 0 saturated heterocycles. The fourth-order valence-electron chi connectivity index (χ4n) is 2.77. The van der Waals surface area contributed by atoms with Gasteiger partial charge in [-0.25, -0.2) is 15.0 Å². The van der Waals surface area contributed by atoms with Gasteiger partial charge in [-0.1, -0.05) is 24.3 Å². The second-order valence-corrected chi connectivity index (χ2v) is 8.20. The summed E-state index contributed by atoms with van der Waals surface area (Å²) in [5, 5.41) is 0. The van der Waals surface area contributed by atoms with Crippen LogP contribution in [0.3, 0.4) is 0 Å². The van der Waals surface area contributed by atoms with Crippen LogP contribution in [0.1, 0.15) is 11.1 Å². The normalized spacial score (nSPS) is 11.2. The number of nitrogen functional groups attached to an aromatic ring is 1. The SMILES string of the molecule is Cc1ccccc1-c1nc2c(N)ncn(Cc3c(I)cncc3I)c-2n1. The number of fused-ring (bicyclic) bond motifs is 1. The maximum absolute atomic E-state index is 6.07. The van der Waals surface area contributed by atoms with E-state index in [1.165, 1.54) is 5.56 Å². The fraction of sp³-hybridized carbons (Fsp3) is 0.111. The van der Waals surface area contributed by atoms with Gasteiger partial charge in [0.1, 0.15) is 0 Å². The van der Waals surface area contributed by atoms with Crippen molar-refractivity contribution in [2.45, 2.75) is 13.5 Å². The molecule has 3 heterocycles. The van der Waals surface area contributed by atoms with Gasteiger partial charge in [-0.05, 0) is 57.7 Å². The highest BCUT2D eigenvalue weighted by Gasteiger charge is 2.21. The monoisotopic (exact) mass is 568 g/mol. The Morgan fingerprint density at radius 2 is 1.81 bits per heavy atom. The van der Waals surface area contributed by atoms with E-state index in [9.17, 15) is 0 Å². The third kappa shape index (κ3) is 3.15. The van der Waals surface area contributed by atoms with Crippen molar-refractivity contribution in [3.8, 4) is 22.9 Å². The molecule has 0 atom stereocenters. The minimum Gasteiger partial charge on any atom is -0.382 e. The molecule has 0 radical (unpaired) electrons. The van der Waals surface area contributed by atoms with Crippen LogP contribution in [0.5, 0.6) is 0 Å². The molecular formula is C18H14I2N6. The number of nitrogens with two attached hydrogens (primary N) is 1. The Morgan fingerprint density at radius 3 is 2.54 bits per heavy atom. The summed E-state index contributed by atoms with van der Waals surface area (Å²) in [6.45, 7) is 2.68. The number of imidazole rings is 1. The second kappa shape index (κ2) is 7.06. The summed E-state index contributed by atoms with van der Waals surface area (Å²) in [7, 11) is 0. The molecule has 2 aliphatic heterocycles. The molecule has 6 nitrogen and oxygen atoms in total. The number of hydrogen-bond acceptors (Lipinski definition) is 5. The molecule has 0 spiro atoms. The van der Waals surface area contributed by atoms with Gasteiger partial charge in [-0.15, -0.1) is 0 Å². The molecule has 26 heavy (non-hydrogen) atoms. The topological polar surface area (TPSA) is 82.5 Å². The molecule has 2 aliphatic rings. The maximum atomic E-state index is 6.07. The first kappa shape index (κ1) is 17.6. The highest BCUT2D eigenvalue weighted by atomic mass is 127. The highest BCUT2D eigenvalue weighted by molar-refractivity contribution is 14.1. The molecule has 1 aromatic heterocycles. The molecule has 0 fully saturated rings. The number of rotatable bonds is 3. The zero-order valence-electron chi connectivity index (χ0n) is 13.8. The molecule has 4 rings (SSSR count). The van der Waals surface area contributed by atoms with Crippen molar-refractivity contribution in [1.82, 2.24) is 24.5 Å². The number of anilines is 1. The van der Waals surface area contributed by atoms with E-state index in [-0.39, 0.29) is 0 Å². The lowest BCUT2D eigenvalue weighted by Crippen LogP contribution is -2.11. The fourth-order valence-corrected chi connectivity index (χ4v) is 4.53. The Labute approximate surface area is 177 Å². The third-order valence-corrected chi connectivity index (χ3v) is 6.02. The van der Waals surface area contributed by atoms with Gasteiger partial charge in [-0.2, -0.15) is 0 Å². The lowest BCUT2D eigenvalue weighted by molar-refractivity contribution is 0.755. The van der Waals surface area contributed by atoms with Crippen LogP contribution in [0.2, 0.25) is 0 Å². The number of aryl methyl sites for hydroxylation is 1. The summed E-state index contributed by atoms with van der Waals surface area (Å²) in [4.78, 5) is 18.0. The van der Waals surface area contributed by atoms with E-state index in [1.54, 1.807) is 6.33 Å². The van der Waals surface area contributed by atoms with E-state index in [1.807, 2.05) is 48.1 Å². The van der Waals surface area contributed by atoms with Crippen molar-refractivity contribution < 1.29 is 0 Å². The van der Waals surface area contributed by atoms with E-state index < -0.39 is 0 Å². The number of aromatic nitrogens is 5. The number of halogens is 2. The summed E-state index contributed by atoms with van der Waals surface area (Å²) in [6, 6.07) is 8.06. The molecule has 0 amide bonds. The van der Waals surface area contributed by atoms with Crippen LogP contribution >= 0.6 is 45.2 Å². The predicted octanol–water partition coefficient (Wildman–Crippen LogP) is 3.99. The molecule has 1 aromatic carbocycles. The van der Waals surface area contributed by atoms with Gasteiger partial charge in [0.2, 0.25) is 0 Å². The maximum Gasteiger partial charge on any atom is 0.166 e. The van der Waals surface area contributed by atoms with E-state index >= 15 is 0 Å². The minimum absolute atomic E-state index is 0.391. The average molecular weight is 568 g/mol. The van der Waals surface area contributed by atoms with Crippen molar-refractivity contribution in [2.75, 3.05) is 5.73 Å². The first-order valence-corrected chi connectivity index (χ1v) is 10.0. The predicted molar refractivity (Wildman–Crippen MR) is 118 cm³/mol. The summed E-state index contributed by atoms with van der Waals surface area (Å²) >= 11 is 4.60. The van der Waals surface area contributed by atoms with Crippen molar-refractivity contribution in [2.24, 2.45) is 0 Å². The Bertz CT molecular complexity index is 1050. The molecule has 2 N–H and O–H groups in total. The Kier molecular flexibility index (Phi) is 4.78. The second-order valence-electron chi connectivity index (χ2n) is 5.87. The van der Waals surface area contributed by atoms with Crippen LogP contribution in [0.4, 0.5) is 5.82 Å². The van der Waals surface area contributed by atoms with Crippen molar-refractivity contribution >= 4 is 51.0 Å². The number of hydrogen-bond donors (Lipinski definition) is 1. The molecule has 0 saturated carbocycles. The summed E-state index contributed by atoms with van der Waals surface area (Å²) in [5.74, 6) is 1.80. The van der Waals surface area contributed by atoms with Gasteiger partial charge in [-0.3, -0.25) is 4.98 Å². The quantitative estimate of drug-likeness (QED) is 0.379. The lowest BCUT2D eigenvalue weighted by atomic mass is 10.1. The zero-order valence-corrected chi connectivity index (χ0v) is 18.1. The molecule has 2 aromatic rings. The summed E-state index contributed by atoms with van der Waals surface area (Å²) < 4.78 is 4.19. The van der Waals surface area contributed by atoms with Gasteiger partial charge >= 0.3 is 0 Å². The number of pyridine rings is 1. The molecule has 0 aliphatic carbocycles. The third-order valence-electron chi connectivity index (χ3n) is 4.16. The summed E-state index contributed by atoms with van der Waals surface area (Å²) in [5.41, 5.74) is 10.0. The highest BCUT2D eigenvalue weighted by Crippen LogP contribution is 2.30. The number of benzene rings is 1. The van der Waals surface area contributed by atoms with Crippen molar-refractivity contribution in [1.29, 1.82) is 0 Å². The standard InChI is InChI=1S/C18H14I2N6/c1-10-4-2-3-5-11(10)17-24-15-16(21)23-9-26(18(15)25-17)8-12-13(19)6-22-7-14(12)20/h2-7,9H,8,21H2,1H3. The zero-order chi connectivity index (χ0) is 18.3. The van der Waals surface area contributed by atoms with Gasteiger partial charge in [0.25, 0.3) is 0 Å². The van der Waals surface area contributed by atoms with Gasteiger partial charge in [0.05, 0.1) is 12.9 Å². The minimum atomic E-state index is 0.391. The van der Waals surface area contributed by atoms with Gasteiger partial charge < -0.3 is 10.3 Å². The van der Waals surface area contributed by atoms with Crippen molar-refractivity contribution in [3.63, 3.8) is 0 Å². The average Bonchev–Trinajstić information content (AvgIpc) is 3.07. The molecule has 0 bridgehead atoms. The summed E-state index contributed by atoms with van der Waals surface area (Å²) in [6.07, 6.45) is 5.44. The first-order valence-electron chi connectivity index (χ1n) is 7.87. The Balaban J connectivity index is 1.85. The van der Waals surface area contributed by atoms with Crippen molar-refractivity contribution in [3.05, 3.63) is 61.3 Å². The van der Waals surface area contributed by atoms with Gasteiger partial charge in [0.15, 0.2) is 23.2 Å². The first-order chi connectivity index (χ1) is 12.5. The van der Waals surface area contributed by atoms with Gasteiger partial charge in [0, 0.05) is 30.7 Å². The molecule has 8 heteroatoms. The van der Waals surface area contributed by atoms with E-state index in [0.29, 0.717) is 23.9 Å². The lowest BCUT2D eigenvalue weighted by Gasteiger charge is -2.13. The van der Waals surface area contributed by atoms with E-state index in [0.717, 1.165) is 24.1 Å². The van der Waals surface area contributed by atoms with Crippen LogP contribution in [0, 0.1) is 14.1 Å². The largest absolute Gasteiger partial charge is 0.382 e. The Hall–Kier alpha value is -1.82. The van der Waals surface area contributed by atoms with Crippen LogP contribution in [0.15, 0.2) is 43.0 Å².